The molecule has 16 atom stereocenters. The van der Waals surface area contributed by atoms with Gasteiger partial charge in [-0.2, -0.15) is 0 Å². The molecule has 1 heterocycles. The second-order valence-corrected chi connectivity index (χ2v) is 17.5. The Bertz CT molecular complexity index is 1100. The molecule has 5 rings (SSSR count). The van der Waals surface area contributed by atoms with E-state index in [-0.39, 0.29) is 45.5 Å². The van der Waals surface area contributed by atoms with Crippen molar-refractivity contribution >= 4 is 0 Å². The van der Waals surface area contributed by atoms with Crippen LogP contribution in [0.15, 0.2) is 11.6 Å². The fourth-order valence-corrected chi connectivity index (χ4v) is 11.9. The Morgan fingerprint density at radius 1 is 0.889 bits per heavy atom. The molecule has 0 aromatic carbocycles. The van der Waals surface area contributed by atoms with E-state index in [9.17, 15) is 35.7 Å². The zero-order chi connectivity index (χ0) is 33.5. The highest BCUT2D eigenvalue weighted by Gasteiger charge is 2.73. The number of rotatable bonds is 7. The molecule has 0 amide bonds. The van der Waals surface area contributed by atoms with E-state index in [1.165, 1.54) is 5.57 Å². The molecule has 5 fully saturated rings. The summed E-state index contributed by atoms with van der Waals surface area (Å²) in [6.07, 6.45) is -0.0947. The predicted octanol–water partition coefficient (Wildman–Crippen LogP) is 3.30. The van der Waals surface area contributed by atoms with E-state index in [4.69, 9.17) is 9.47 Å². The summed E-state index contributed by atoms with van der Waals surface area (Å²) >= 11 is 0. The first kappa shape index (κ1) is 35.7. The average Bonchev–Trinajstić information content (AvgIpc) is 3.24. The zero-order valence-corrected chi connectivity index (χ0v) is 28.8. The Balaban J connectivity index is 1.40. The summed E-state index contributed by atoms with van der Waals surface area (Å²) in [7, 11) is 0. The Hall–Kier alpha value is -0.620. The lowest BCUT2D eigenvalue weighted by Gasteiger charge is -2.70. The quantitative estimate of drug-likeness (QED) is 0.164. The molecule has 0 aromatic rings. The van der Waals surface area contributed by atoms with Crippen molar-refractivity contribution in [3.8, 4) is 0 Å². The molecule has 9 heteroatoms. The first-order chi connectivity index (χ1) is 20.8. The number of aliphatic hydroxyl groups excluding tert-OH is 6. The maximum Gasteiger partial charge on any atom is 0.186 e. The van der Waals surface area contributed by atoms with Crippen LogP contribution in [0.5, 0.6) is 0 Å². The summed E-state index contributed by atoms with van der Waals surface area (Å²) in [5.41, 5.74) is -0.827. The average molecular weight is 639 g/mol. The van der Waals surface area contributed by atoms with Crippen LogP contribution in [0.1, 0.15) is 107 Å². The Kier molecular flexibility index (Phi) is 9.56. The van der Waals surface area contributed by atoms with Crippen LogP contribution in [0.2, 0.25) is 0 Å². The Morgan fingerprint density at radius 3 is 2.18 bits per heavy atom. The lowest BCUT2D eigenvalue weighted by atomic mass is 9.35. The van der Waals surface area contributed by atoms with Crippen LogP contribution in [0, 0.1) is 45.3 Å². The zero-order valence-electron chi connectivity index (χ0n) is 28.8. The summed E-state index contributed by atoms with van der Waals surface area (Å²) < 4.78 is 12.2. The van der Waals surface area contributed by atoms with Crippen LogP contribution >= 0.6 is 0 Å². The summed E-state index contributed by atoms with van der Waals surface area (Å²) in [6, 6.07) is 0. The monoisotopic (exact) mass is 638 g/mol. The molecule has 7 N–H and O–H groups in total. The number of hydrogen-bond acceptors (Lipinski definition) is 9. The first-order valence-electron chi connectivity index (χ1n) is 17.4. The third kappa shape index (κ3) is 5.48. The molecule has 1 aliphatic heterocycles. The van der Waals surface area contributed by atoms with E-state index < -0.39 is 61.0 Å². The van der Waals surface area contributed by atoms with Crippen LogP contribution < -0.4 is 0 Å². The minimum absolute atomic E-state index is 0.115. The smallest absolute Gasteiger partial charge is 0.186 e. The maximum atomic E-state index is 12.0. The van der Waals surface area contributed by atoms with Gasteiger partial charge in [-0.3, -0.25) is 0 Å². The van der Waals surface area contributed by atoms with Crippen molar-refractivity contribution in [1.82, 2.24) is 0 Å². The third-order valence-corrected chi connectivity index (χ3v) is 14.4. The van der Waals surface area contributed by atoms with Crippen molar-refractivity contribution in [2.75, 3.05) is 6.61 Å². The van der Waals surface area contributed by atoms with Crippen LogP contribution in [0.25, 0.3) is 0 Å². The number of aliphatic hydroxyl groups is 7. The van der Waals surface area contributed by atoms with Crippen molar-refractivity contribution in [2.45, 2.75) is 161 Å². The lowest BCUT2D eigenvalue weighted by Crippen LogP contribution is -2.67. The summed E-state index contributed by atoms with van der Waals surface area (Å²) in [6.45, 7) is 16.9. The van der Waals surface area contributed by atoms with Crippen molar-refractivity contribution in [3.63, 3.8) is 0 Å². The van der Waals surface area contributed by atoms with Gasteiger partial charge in [-0.1, -0.05) is 46.3 Å². The normalized spacial score (nSPS) is 52.2. The van der Waals surface area contributed by atoms with Crippen LogP contribution in [-0.2, 0) is 9.47 Å². The van der Waals surface area contributed by atoms with E-state index >= 15 is 0 Å². The largest absolute Gasteiger partial charge is 0.394 e. The second-order valence-electron chi connectivity index (χ2n) is 17.5. The number of fused-ring (bicyclic) bond motifs is 5. The van der Waals surface area contributed by atoms with Gasteiger partial charge in [0.2, 0.25) is 0 Å². The summed E-state index contributed by atoms with van der Waals surface area (Å²) in [4.78, 5) is 0. The van der Waals surface area contributed by atoms with E-state index in [2.05, 4.69) is 54.5 Å². The van der Waals surface area contributed by atoms with Gasteiger partial charge in [-0.25, -0.2) is 0 Å². The molecule has 0 unspecified atom stereocenters. The number of hydrogen-bond donors (Lipinski definition) is 7. The van der Waals surface area contributed by atoms with Gasteiger partial charge in [0.15, 0.2) is 6.29 Å². The van der Waals surface area contributed by atoms with Gasteiger partial charge < -0.3 is 45.2 Å². The highest BCUT2D eigenvalue weighted by molar-refractivity contribution is 5.21. The fraction of sp³-hybridized carbons (Fsp3) is 0.944. The summed E-state index contributed by atoms with van der Waals surface area (Å²) in [5, 5.41) is 76.4. The first-order valence-corrected chi connectivity index (χ1v) is 17.4. The minimum Gasteiger partial charge on any atom is -0.394 e. The molecule has 0 aromatic heterocycles. The highest BCUT2D eigenvalue weighted by atomic mass is 16.7. The van der Waals surface area contributed by atoms with E-state index in [1.807, 2.05) is 6.92 Å². The lowest BCUT2D eigenvalue weighted by molar-refractivity contribution is -0.332. The second kappa shape index (κ2) is 12.1. The Labute approximate surface area is 270 Å². The molecule has 1 saturated heterocycles. The van der Waals surface area contributed by atoms with Crippen LogP contribution in [-0.4, -0.2) is 97.0 Å². The molecule has 0 bridgehead atoms. The van der Waals surface area contributed by atoms with Crippen molar-refractivity contribution in [3.05, 3.63) is 11.6 Å². The van der Waals surface area contributed by atoms with Crippen molar-refractivity contribution < 1.29 is 45.2 Å². The molecule has 260 valence electrons. The molecular formula is C36H62O9. The maximum absolute atomic E-state index is 12.0. The van der Waals surface area contributed by atoms with Gasteiger partial charge in [-0.15, -0.1) is 0 Å². The van der Waals surface area contributed by atoms with Crippen LogP contribution in [0.3, 0.4) is 0 Å². The van der Waals surface area contributed by atoms with Gasteiger partial charge in [0.1, 0.15) is 24.4 Å². The third-order valence-electron chi connectivity index (χ3n) is 14.4. The molecular weight excluding hydrogens is 576 g/mol. The Morgan fingerprint density at radius 2 is 1.56 bits per heavy atom. The van der Waals surface area contributed by atoms with Gasteiger partial charge in [0.05, 0.1) is 30.5 Å². The molecule has 45 heavy (non-hydrogen) atoms. The number of ether oxygens (including phenoxy) is 2. The van der Waals surface area contributed by atoms with Crippen molar-refractivity contribution in [2.24, 2.45) is 45.3 Å². The van der Waals surface area contributed by atoms with Gasteiger partial charge in [-0.05, 0) is 112 Å². The molecule has 0 radical (unpaired) electrons. The van der Waals surface area contributed by atoms with E-state index in [0.717, 1.165) is 25.7 Å². The van der Waals surface area contributed by atoms with Gasteiger partial charge in [0, 0.05) is 5.92 Å². The summed E-state index contributed by atoms with van der Waals surface area (Å²) in [5.74, 6) is -0.151. The van der Waals surface area contributed by atoms with E-state index in [0.29, 0.717) is 25.7 Å². The predicted molar refractivity (Wildman–Crippen MR) is 170 cm³/mol. The SMILES string of the molecule is CC(C)=CCC[C@](C)(O)[C@@H]1[C@H]2[C@H](O)C[C@@H]3[C@@]4(C)CC[C@H](O[C@@H]5O[C@H](CO)[C@@H](O)[C@H](O)[C@H]5O)C(C)(C)[C@@H]4CC[C@@]3(C)[C@]2(C)C[C@@H]1O. The van der Waals surface area contributed by atoms with E-state index in [1.54, 1.807) is 0 Å². The topological polar surface area (TPSA) is 160 Å². The van der Waals surface area contributed by atoms with Gasteiger partial charge in [0.25, 0.3) is 0 Å². The standard InChI is InChI=1S/C36H62O9/c1-19(2)10-9-13-36(8,43)27-21(39)17-35(7)26(27)20(38)16-24-33(5)14-12-25(32(3,4)23(33)11-15-34(24,35)6)45-31-30(42)29(41)28(40)22(18-37)44-31/h10,20-31,37-43H,9,11-18H2,1-8H3/t20-,21+,22-,23+,24-,25+,26-,27+,28-,29+,30-,31+,33+,34-,35-,36+/m1/s1. The molecule has 0 spiro atoms. The highest BCUT2D eigenvalue weighted by Crippen LogP contribution is 2.76. The minimum atomic E-state index is -1.48. The molecule has 9 nitrogen and oxygen atoms in total. The van der Waals surface area contributed by atoms with Crippen molar-refractivity contribution in [1.29, 1.82) is 0 Å². The molecule has 4 aliphatic carbocycles. The fourth-order valence-electron chi connectivity index (χ4n) is 11.9. The number of allylic oxidation sites excluding steroid dienone is 2. The van der Waals surface area contributed by atoms with Gasteiger partial charge >= 0.3 is 0 Å². The molecule has 4 saturated carbocycles. The van der Waals surface area contributed by atoms with Crippen LogP contribution in [0.4, 0.5) is 0 Å². The molecule has 5 aliphatic rings.